The van der Waals surface area contributed by atoms with Crippen LogP contribution in [-0.4, -0.2) is 28.7 Å². The summed E-state index contributed by atoms with van der Waals surface area (Å²) in [7, 11) is 1.97. The Morgan fingerprint density at radius 3 is 2.62 bits per heavy atom. The highest BCUT2D eigenvalue weighted by atomic mass is 79.9. The molecule has 0 saturated carbocycles. The minimum Gasteiger partial charge on any atom is -0.463 e. The van der Waals surface area contributed by atoms with Crippen molar-refractivity contribution >= 4 is 33.3 Å². The van der Waals surface area contributed by atoms with Gasteiger partial charge in [0.2, 0.25) is 0 Å². The zero-order valence-electron chi connectivity index (χ0n) is 14.2. The molecule has 3 rings (SSSR count). The van der Waals surface area contributed by atoms with Gasteiger partial charge >= 0.3 is 6.01 Å². The zero-order chi connectivity index (χ0) is 17.3. The molecule has 1 atom stereocenters. The second-order valence-electron chi connectivity index (χ2n) is 5.95. The summed E-state index contributed by atoms with van der Waals surface area (Å²) in [4.78, 5) is 13.0. The number of aromatic nitrogens is 2. The molecule has 0 radical (unpaired) electrons. The number of nitrogens with zero attached hydrogens (tertiary/aromatic N) is 4. The van der Waals surface area contributed by atoms with Crippen molar-refractivity contribution in [2.24, 2.45) is 0 Å². The average molecular weight is 392 g/mol. The molecule has 2 aromatic rings. The van der Waals surface area contributed by atoms with Gasteiger partial charge < -0.3 is 20.3 Å². The summed E-state index contributed by atoms with van der Waals surface area (Å²) in [5.74, 6) is 1.23. The van der Waals surface area contributed by atoms with Gasteiger partial charge in [0.25, 0.3) is 0 Å². The van der Waals surface area contributed by atoms with Gasteiger partial charge in [-0.1, -0.05) is 36.8 Å². The van der Waals surface area contributed by atoms with E-state index in [1.807, 2.05) is 18.9 Å². The first-order valence-electron chi connectivity index (χ1n) is 8.00. The number of halogens is 1. The highest BCUT2D eigenvalue weighted by molar-refractivity contribution is 9.09. The number of benzene rings is 1. The van der Waals surface area contributed by atoms with Gasteiger partial charge in [0.05, 0.1) is 6.61 Å². The number of alkyl halides is 1. The number of hydrogen-bond acceptors (Lipinski definition) is 6. The van der Waals surface area contributed by atoms with E-state index < -0.39 is 0 Å². The number of rotatable bonds is 5. The van der Waals surface area contributed by atoms with Crippen molar-refractivity contribution in [2.45, 2.75) is 31.9 Å². The quantitative estimate of drug-likeness (QED) is 0.622. The molecule has 0 spiro atoms. The van der Waals surface area contributed by atoms with Gasteiger partial charge in [-0.05, 0) is 34.8 Å². The fourth-order valence-electron chi connectivity index (χ4n) is 2.69. The van der Waals surface area contributed by atoms with Gasteiger partial charge in [-0.25, -0.2) is 0 Å². The van der Waals surface area contributed by atoms with Gasteiger partial charge in [-0.3, -0.25) is 0 Å². The van der Waals surface area contributed by atoms with E-state index >= 15 is 0 Å². The third-order valence-corrected chi connectivity index (χ3v) is 5.09. The number of aryl methyl sites for hydroxylation is 1. The van der Waals surface area contributed by atoms with E-state index in [4.69, 9.17) is 10.5 Å². The van der Waals surface area contributed by atoms with Crippen LogP contribution in [0.1, 0.15) is 24.5 Å². The molecule has 128 valence electrons. The topological polar surface area (TPSA) is 67.5 Å². The Bertz CT molecular complexity index is 722. The van der Waals surface area contributed by atoms with E-state index in [0.717, 1.165) is 24.5 Å². The molecule has 0 fully saturated rings. The molecule has 7 heteroatoms. The van der Waals surface area contributed by atoms with Gasteiger partial charge in [0, 0.05) is 13.6 Å². The highest BCUT2D eigenvalue weighted by Gasteiger charge is 2.36. The first kappa shape index (κ1) is 16.8. The van der Waals surface area contributed by atoms with Crippen LogP contribution in [0.2, 0.25) is 0 Å². The van der Waals surface area contributed by atoms with Crippen molar-refractivity contribution in [3.05, 3.63) is 35.4 Å². The van der Waals surface area contributed by atoms with Gasteiger partial charge in [-0.2, -0.15) is 9.97 Å². The maximum absolute atomic E-state index is 6.15. The second kappa shape index (κ2) is 6.84. The van der Waals surface area contributed by atoms with Crippen LogP contribution >= 0.6 is 15.9 Å². The molecule has 1 aromatic heterocycles. The van der Waals surface area contributed by atoms with Crippen molar-refractivity contribution in [3.63, 3.8) is 0 Å². The molecule has 6 nitrogen and oxygen atoms in total. The molecular weight excluding hydrogens is 370 g/mol. The lowest BCUT2D eigenvalue weighted by Gasteiger charge is -2.25. The average Bonchev–Trinajstić information content (AvgIpc) is 2.80. The van der Waals surface area contributed by atoms with Crippen LogP contribution in [0.3, 0.4) is 0 Å². The number of fused-ring (bicyclic) bond motifs is 1. The van der Waals surface area contributed by atoms with Gasteiger partial charge in [0.1, 0.15) is 5.69 Å². The zero-order valence-corrected chi connectivity index (χ0v) is 15.7. The minimum atomic E-state index is -0.0353. The first-order chi connectivity index (χ1) is 11.5. The SMILES string of the molecule is CCCOc1nc(N)c2c(n1)N(Cc1ccc(C)cc1)C(Br)N2C. The number of ether oxygens (including phenoxy) is 1. The van der Waals surface area contributed by atoms with Crippen LogP contribution in [0.15, 0.2) is 24.3 Å². The summed E-state index contributed by atoms with van der Waals surface area (Å²) in [6, 6.07) is 8.82. The van der Waals surface area contributed by atoms with Crippen LogP contribution in [0, 0.1) is 6.92 Å². The van der Waals surface area contributed by atoms with Crippen LogP contribution in [-0.2, 0) is 6.54 Å². The molecule has 24 heavy (non-hydrogen) atoms. The van der Waals surface area contributed by atoms with Crippen molar-refractivity contribution < 1.29 is 4.74 Å². The maximum atomic E-state index is 6.15. The lowest BCUT2D eigenvalue weighted by molar-refractivity contribution is 0.293. The standard InChI is InChI=1S/C17H22BrN5O/c1-4-9-24-17-20-14(19)13-15(21-17)23(16(18)22(13)3)10-12-7-5-11(2)6-8-12/h5-8,16H,4,9-10H2,1-3H3,(H2,19,20,21). The molecule has 1 aromatic carbocycles. The molecule has 0 saturated heterocycles. The smallest absolute Gasteiger partial charge is 0.320 e. The van der Waals surface area contributed by atoms with Gasteiger partial charge in [-0.15, -0.1) is 0 Å². The third-order valence-electron chi connectivity index (χ3n) is 3.98. The number of anilines is 3. The number of hydrogen-bond donors (Lipinski definition) is 1. The Morgan fingerprint density at radius 2 is 1.96 bits per heavy atom. The van der Waals surface area contributed by atoms with E-state index in [-0.39, 0.29) is 5.08 Å². The van der Waals surface area contributed by atoms with E-state index in [1.54, 1.807) is 0 Å². The molecule has 0 bridgehead atoms. The lowest BCUT2D eigenvalue weighted by Crippen LogP contribution is -2.36. The molecule has 1 unspecified atom stereocenters. The summed E-state index contributed by atoms with van der Waals surface area (Å²) in [6.07, 6.45) is 0.897. The third kappa shape index (κ3) is 3.13. The van der Waals surface area contributed by atoms with Crippen molar-refractivity contribution in [3.8, 4) is 6.01 Å². The lowest BCUT2D eigenvalue weighted by atomic mass is 10.1. The summed E-state index contributed by atoms with van der Waals surface area (Å²) < 4.78 is 5.58. The van der Waals surface area contributed by atoms with Crippen LogP contribution in [0.4, 0.5) is 17.3 Å². The van der Waals surface area contributed by atoms with Crippen LogP contribution < -0.4 is 20.3 Å². The van der Waals surface area contributed by atoms with Gasteiger partial charge in [0.15, 0.2) is 16.7 Å². The molecular formula is C17H22BrN5O. The molecule has 2 heterocycles. The summed E-state index contributed by atoms with van der Waals surface area (Å²) in [5.41, 5.74) is 9.43. The maximum Gasteiger partial charge on any atom is 0.320 e. The van der Waals surface area contributed by atoms with E-state index in [0.29, 0.717) is 18.4 Å². The normalized spacial score (nSPS) is 16.4. The van der Waals surface area contributed by atoms with Crippen LogP contribution in [0.5, 0.6) is 6.01 Å². The fraction of sp³-hybridized carbons (Fsp3) is 0.412. The summed E-state index contributed by atoms with van der Waals surface area (Å²) >= 11 is 3.72. The van der Waals surface area contributed by atoms with Crippen molar-refractivity contribution in [1.29, 1.82) is 0 Å². The number of nitrogen functional groups attached to an aromatic ring is 1. The monoisotopic (exact) mass is 391 g/mol. The summed E-state index contributed by atoms with van der Waals surface area (Å²) in [6.45, 7) is 5.42. The van der Waals surface area contributed by atoms with Crippen molar-refractivity contribution in [2.75, 3.05) is 29.2 Å². The largest absolute Gasteiger partial charge is 0.463 e. The Hall–Kier alpha value is -2.02. The summed E-state index contributed by atoms with van der Waals surface area (Å²) in [5, 5.41) is -0.0353. The van der Waals surface area contributed by atoms with Crippen molar-refractivity contribution in [1.82, 2.24) is 9.97 Å². The molecule has 1 aliphatic rings. The first-order valence-corrected chi connectivity index (χ1v) is 8.92. The minimum absolute atomic E-state index is 0.0353. The fourth-order valence-corrected chi connectivity index (χ4v) is 3.24. The Kier molecular flexibility index (Phi) is 4.80. The molecule has 1 aliphatic heterocycles. The Balaban J connectivity index is 1.94. The molecule has 0 aliphatic carbocycles. The Labute approximate surface area is 150 Å². The van der Waals surface area contributed by atoms with E-state index in [2.05, 4.69) is 62.0 Å². The second-order valence-corrected chi connectivity index (χ2v) is 6.77. The molecule has 2 N–H and O–H groups in total. The van der Waals surface area contributed by atoms with Crippen LogP contribution in [0.25, 0.3) is 0 Å². The predicted molar refractivity (Wildman–Crippen MR) is 101 cm³/mol. The highest BCUT2D eigenvalue weighted by Crippen LogP contribution is 2.44. The predicted octanol–water partition coefficient (Wildman–Crippen LogP) is 3.29. The Morgan fingerprint density at radius 1 is 1.25 bits per heavy atom. The van der Waals surface area contributed by atoms with E-state index in [9.17, 15) is 0 Å². The number of nitrogens with two attached hydrogens (primary N) is 1. The molecule has 0 amide bonds. The van der Waals surface area contributed by atoms with E-state index in [1.165, 1.54) is 11.1 Å².